The normalized spacial score (nSPS) is 15.4. The van der Waals surface area contributed by atoms with Crippen molar-refractivity contribution in [3.05, 3.63) is 58.7 Å². The van der Waals surface area contributed by atoms with Gasteiger partial charge in [-0.05, 0) is 52.4 Å². The summed E-state index contributed by atoms with van der Waals surface area (Å²) in [7, 11) is 4.65. The highest BCUT2D eigenvalue weighted by Gasteiger charge is 2.34. The molecule has 17 heavy (non-hydrogen) atoms. The fraction of sp³-hybridized carbons (Fsp3) is 0.200. The molecule has 1 aliphatic rings. The average molecular weight is 218 g/mol. The van der Waals surface area contributed by atoms with E-state index in [0.29, 0.717) is 0 Å². The highest BCUT2D eigenvalue weighted by atomic mass is 14.3. The van der Waals surface area contributed by atoms with Crippen LogP contribution >= 0.6 is 0 Å². The van der Waals surface area contributed by atoms with Crippen molar-refractivity contribution in [2.45, 2.75) is 19.1 Å². The molecule has 0 unspecified atom stereocenters. The molecule has 0 aromatic heterocycles. The maximum atomic E-state index is 2.37. The van der Waals surface area contributed by atoms with E-state index in [2.05, 4.69) is 65.9 Å². The molecule has 2 heteroatoms. The topological polar surface area (TPSA) is 0 Å². The summed E-state index contributed by atoms with van der Waals surface area (Å²) >= 11 is 0. The van der Waals surface area contributed by atoms with E-state index in [-0.39, 0.29) is 5.21 Å². The minimum absolute atomic E-state index is 0.143. The largest absolute Gasteiger partial charge is 0.110 e. The lowest BCUT2D eigenvalue weighted by atomic mass is 9.49. The van der Waals surface area contributed by atoms with Crippen LogP contribution in [0.2, 0.25) is 0 Å². The van der Waals surface area contributed by atoms with Crippen molar-refractivity contribution < 1.29 is 0 Å². The Bertz CT molecular complexity index is 612. The van der Waals surface area contributed by atoms with E-state index in [1.807, 2.05) is 0 Å². The number of hydrogen-bond acceptors (Lipinski definition) is 0. The molecule has 2 aromatic carbocycles. The molecule has 0 atom stereocenters. The summed E-state index contributed by atoms with van der Waals surface area (Å²) in [5, 5.41) is 0.143. The van der Waals surface area contributed by atoms with Gasteiger partial charge >= 0.3 is 0 Å². The molecule has 2 aromatic rings. The molecule has 0 nitrogen and oxygen atoms in total. The Labute approximate surface area is 105 Å². The molecule has 0 heterocycles. The van der Waals surface area contributed by atoms with Crippen LogP contribution in [-0.2, 0) is 5.21 Å². The first-order valence-electron chi connectivity index (χ1n) is 6.23. The van der Waals surface area contributed by atoms with Crippen molar-refractivity contribution in [3.63, 3.8) is 0 Å². The van der Waals surface area contributed by atoms with Gasteiger partial charge in [-0.2, -0.15) is 0 Å². The maximum Gasteiger partial charge on any atom is 0.110 e. The second-order valence-corrected chi connectivity index (χ2v) is 5.65. The third-order valence-electron chi connectivity index (χ3n) is 4.20. The van der Waals surface area contributed by atoms with Gasteiger partial charge in [0.05, 0.1) is 0 Å². The zero-order chi connectivity index (χ0) is 12.2. The van der Waals surface area contributed by atoms with Crippen LogP contribution in [0.25, 0.3) is 11.1 Å². The molecular formula is C15H16B2. The predicted molar refractivity (Wildman–Crippen MR) is 79.2 cm³/mol. The van der Waals surface area contributed by atoms with Gasteiger partial charge in [0.1, 0.15) is 15.7 Å². The smallest absolute Gasteiger partial charge is 0.0620 e. The zero-order valence-corrected chi connectivity index (χ0v) is 11.0. The SMILES string of the molecule is BC1(B)c2ccccc2-c2cc(C)c(C)cc21. The Kier molecular flexibility index (Phi) is 2.07. The minimum Gasteiger partial charge on any atom is -0.0620 e. The lowest BCUT2D eigenvalue weighted by Crippen LogP contribution is -2.25. The Morgan fingerprint density at radius 2 is 1.47 bits per heavy atom. The molecule has 0 spiro atoms. The van der Waals surface area contributed by atoms with Gasteiger partial charge in [-0.3, -0.25) is 0 Å². The fourth-order valence-electron chi connectivity index (χ4n) is 2.96. The van der Waals surface area contributed by atoms with Gasteiger partial charge in [0, 0.05) is 0 Å². The van der Waals surface area contributed by atoms with Crippen molar-refractivity contribution in [1.29, 1.82) is 0 Å². The molecule has 0 fully saturated rings. The van der Waals surface area contributed by atoms with Crippen LogP contribution in [0.5, 0.6) is 0 Å². The fourth-order valence-corrected chi connectivity index (χ4v) is 2.96. The summed E-state index contributed by atoms with van der Waals surface area (Å²) < 4.78 is 0. The van der Waals surface area contributed by atoms with Crippen LogP contribution < -0.4 is 0 Å². The molecule has 0 bridgehead atoms. The Balaban J connectivity index is 2.40. The molecule has 82 valence electrons. The van der Waals surface area contributed by atoms with E-state index < -0.39 is 0 Å². The molecule has 1 aliphatic carbocycles. The van der Waals surface area contributed by atoms with Crippen molar-refractivity contribution in [2.24, 2.45) is 0 Å². The van der Waals surface area contributed by atoms with Gasteiger partial charge in [0.25, 0.3) is 0 Å². The predicted octanol–water partition coefficient (Wildman–Crippen LogP) is 1.75. The molecule has 0 radical (unpaired) electrons. The van der Waals surface area contributed by atoms with Gasteiger partial charge < -0.3 is 0 Å². The lowest BCUT2D eigenvalue weighted by Gasteiger charge is -2.22. The van der Waals surface area contributed by atoms with Gasteiger partial charge in [0.15, 0.2) is 0 Å². The number of rotatable bonds is 0. The summed E-state index contributed by atoms with van der Waals surface area (Å²) in [6.45, 7) is 4.40. The van der Waals surface area contributed by atoms with Crippen molar-refractivity contribution >= 4 is 15.7 Å². The third kappa shape index (κ3) is 1.33. The molecular weight excluding hydrogens is 202 g/mol. The average Bonchev–Trinajstić information content (AvgIpc) is 2.51. The number of aryl methyl sites for hydroxylation is 2. The van der Waals surface area contributed by atoms with Crippen LogP contribution in [0.15, 0.2) is 36.4 Å². The van der Waals surface area contributed by atoms with E-state index in [1.165, 1.54) is 33.4 Å². The Hall–Kier alpha value is -1.43. The monoisotopic (exact) mass is 218 g/mol. The van der Waals surface area contributed by atoms with Crippen molar-refractivity contribution in [3.8, 4) is 11.1 Å². The second kappa shape index (κ2) is 3.29. The highest BCUT2D eigenvalue weighted by Crippen LogP contribution is 2.46. The number of hydrogen-bond donors (Lipinski definition) is 0. The molecule has 0 saturated carbocycles. The van der Waals surface area contributed by atoms with E-state index in [0.717, 1.165) is 0 Å². The number of fused-ring (bicyclic) bond motifs is 3. The quantitative estimate of drug-likeness (QED) is 0.591. The van der Waals surface area contributed by atoms with Gasteiger partial charge in [0.2, 0.25) is 0 Å². The molecule has 0 N–H and O–H groups in total. The van der Waals surface area contributed by atoms with Crippen LogP contribution in [-0.4, -0.2) is 15.7 Å². The van der Waals surface area contributed by atoms with Crippen LogP contribution in [0.3, 0.4) is 0 Å². The molecule has 0 aliphatic heterocycles. The van der Waals surface area contributed by atoms with Gasteiger partial charge in [-0.1, -0.05) is 36.4 Å². The van der Waals surface area contributed by atoms with Crippen LogP contribution in [0.1, 0.15) is 22.3 Å². The zero-order valence-electron chi connectivity index (χ0n) is 11.0. The Morgan fingerprint density at radius 1 is 0.824 bits per heavy atom. The maximum absolute atomic E-state index is 2.37. The first-order chi connectivity index (χ1) is 8.01. The summed E-state index contributed by atoms with van der Waals surface area (Å²) in [4.78, 5) is 0. The molecule has 3 rings (SSSR count). The third-order valence-corrected chi connectivity index (χ3v) is 4.20. The van der Waals surface area contributed by atoms with Crippen LogP contribution in [0, 0.1) is 13.8 Å². The first-order valence-corrected chi connectivity index (χ1v) is 6.23. The van der Waals surface area contributed by atoms with E-state index in [4.69, 9.17) is 0 Å². The van der Waals surface area contributed by atoms with Crippen molar-refractivity contribution in [1.82, 2.24) is 0 Å². The lowest BCUT2D eigenvalue weighted by molar-refractivity contribution is 1.07. The summed E-state index contributed by atoms with van der Waals surface area (Å²) in [5.74, 6) is 0. The van der Waals surface area contributed by atoms with E-state index in [9.17, 15) is 0 Å². The summed E-state index contributed by atoms with van der Waals surface area (Å²) in [5.41, 5.74) is 8.55. The molecule has 0 saturated heterocycles. The first kappa shape index (κ1) is 10.7. The van der Waals surface area contributed by atoms with E-state index in [1.54, 1.807) is 0 Å². The second-order valence-electron chi connectivity index (χ2n) is 5.65. The molecule has 0 amide bonds. The van der Waals surface area contributed by atoms with Gasteiger partial charge in [-0.25, -0.2) is 0 Å². The van der Waals surface area contributed by atoms with Crippen LogP contribution in [0.4, 0.5) is 0 Å². The van der Waals surface area contributed by atoms with Crippen molar-refractivity contribution in [2.75, 3.05) is 0 Å². The summed E-state index contributed by atoms with van der Waals surface area (Å²) in [6, 6.07) is 13.5. The Morgan fingerprint density at radius 3 is 2.24 bits per heavy atom. The standard InChI is InChI=1S/C15H16B2/c1-9-7-12-11-5-3-4-6-13(11)15(16,17)14(12)8-10(9)2/h3-8H,16-17H2,1-2H3. The van der Waals surface area contributed by atoms with E-state index >= 15 is 0 Å². The minimum atomic E-state index is 0.143. The highest BCUT2D eigenvalue weighted by molar-refractivity contribution is 6.44. The summed E-state index contributed by atoms with van der Waals surface area (Å²) in [6.07, 6.45) is 0. The van der Waals surface area contributed by atoms with Gasteiger partial charge in [-0.15, -0.1) is 0 Å². The number of benzene rings is 2.